The number of rotatable bonds is 4. The Hall–Kier alpha value is -1.50. The number of benzene rings is 1. The lowest BCUT2D eigenvalue weighted by Gasteiger charge is -2.28. The highest BCUT2D eigenvalue weighted by Crippen LogP contribution is 2.23. The number of aromatic nitrogens is 1. The van der Waals surface area contributed by atoms with Crippen molar-refractivity contribution >= 4 is 20.8 Å². The largest absolute Gasteiger partial charge is 0.316 e. The molecule has 0 amide bonds. The Morgan fingerprint density at radius 3 is 3.00 bits per heavy atom. The zero-order chi connectivity index (χ0) is 15.6. The fraction of sp³-hybridized carbons (Fsp3) is 0.438. The number of fused-ring (bicyclic) bond motifs is 1. The molecule has 0 bridgehead atoms. The van der Waals surface area contributed by atoms with Gasteiger partial charge in [0.25, 0.3) is 0 Å². The van der Waals surface area contributed by atoms with Crippen LogP contribution in [0.25, 0.3) is 10.8 Å². The van der Waals surface area contributed by atoms with Gasteiger partial charge in [0, 0.05) is 29.2 Å². The minimum atomic E-state index is -3.54. The van der Waals surface area contributed by atoms with E-state index in [1.54, 1.807) is 30.6 Å². The Balaban J connectivity index is 1.88. The van der Waals surface area contributed by atoms with E-state index in [9.17, 15) is 8.42 Å². The minimum Gasteiger partial charge on any atom is -0.316 e. The standard InChI is InChI=1S/C16H21N3O2S/c1-12(13-5-3-8-17-10-13)19-22(20,21)16-6-2-4-14-11-18-9-7-15(14)16/h2,4,6-7,9,11-13,17,19H,3,5,8,10H2,1H3. The van der Waals surface area contributed by atoms with E-state index >= 15 is 0 Å². The van der Waals surface area contributed by atoms with Crippen LogP contribution in [-0.2, 0) is 10.0 Å². The van der Waals surface area contributed by atoms with E-state index in [-0.39, 0.29) is 6.04 Å². The molecular formula is C16H21N3O2S. The van der Waals surface area contributed by atoms with Crippen LogP contribution in [0.1, 0.15) is 19.8 Å². The Morgan fingerprint density at radius 2 is 2.23 bits per heavy atom. The average Bonchev–Trinajstić information content (AvgIpc) is 2.54. The van der Waals surface area contributed by atoms with Gasteiger partial charge in [0.2, 0.25) is 10.0 Å². The zero-order valence-electron chi connectivity index (χ0n) is 12.6. The van der Waals surface area contributed by atoms with Gasteiger partial charge in [0.05, 0.1) is 4.90 Å². The summed E-state index contributed by atoms with van der Waals surface area (Å²) in [4.78, 5) is 4.37. The van der Waals surface area contributed by atoms with Crippen LogP contribution in [-0.4, -0.2) is 32.5 Å². The molecule has 2 N–H and O–H groups in total. The third kappa shape index (κ3) is 3.14. The van der Waals surface area contributed by atoms with Crippen LogP contribution in [0, 0.1) is 5.92 Å². The molecule has 0 spiro atoms. The fourth-order valence-corrected chi connectivity index (χ4v) is 4.58. The molecule has 1 aliphatic rings. The number of hydrogen-bond donors (Lipinski definition) is 2. The molecule has 0 radical (unpaired) electrons. The van der Waals surface area contributed by atoms with Crippen molar-refractivity contribution in [2.75, 3.05) is 13.1 Å². The summed E-state index contributed by atoms with van der Waals surface area (Å²) in [7, 11) is -3.54. The summed E-state index contributed by atoms with van der Waals surface area (Å²) in [6, 6.07) is 6.93. The van der Waals surface area contributed by atoms with E-state index in [2.05, 4.69) is 15.0 Å². The van der Waals surface area contributed by atoms with Gasteiger partial charge in [0.15, 0.2) is 0 Å². The van der Waals surface area contributed by atoms with Crippen molar-refractivity contribution < 1.29 is 8.42 Å². The minimum absolute atomic E-state index is 0.0881. The summed E-state index contributed by atoms with van der Waals surface area (Å²) in [6.07, 6.45) is 5.45. The van der Waals surface area contributed by atoms with Crippen LogP contribution in [0.2, 0.25) is 0 Å². The molecule has 22 heavy (non-hydrogen) atoms. The third-order valence-corrected chi connectivity index (χ3v) is 5.93. The van der Waals surface area contributed by atoms with Crippen LogP contribution in [0.3, 0.4) is 0 Å². The number of pyridine rings is 1. The SMILES string of the molecule is CC(NS(=O)(=O)c1cccc2cnccc12)C1CCCNC1. The molecule has 5 nitrogen and oxygen atoms in total. The Labute approximate surface area is 131 Å². The summed E-state index contributed by atoms with van der Waals surface area (Å²) in [5, 5.41) is 4.87. The van der Waals surface area contributed by atoms with Gasteiger partial charge in [0.1, 0.15) is 0 Å². The molecule has 1 fully saturated rings. The predicted molar refractivity (Wildman–Crippen MR) is 87.1 cm³/mol. The predicted octanol–water partition coefficient (Wildman–Crippen LogP) is 1.90. The molecule has 2 aromatic rings. The Morgan fingerprint density at radius 1 is 1.36 bits per heavy atom. The first kappa shape index (κ1) is 15.4. The highest BCUT2D eigenvalue weighted by molar-refractivity contribution is 7.89. The first-order valence-corrected chi connectivity index (χ1v) is 9.12. The fourth-order valence-electron chi connectivity index (χ4n) is 3.04. The lowest BCUT2D eigenvalue weighted by molar-refractivity contribution is 0.320. The van der Waals surface area contributed by atoms with Gasteiger partial charge in [-0.3, -0.25) is 4.98 Å². The molecule has 3 rings (SSSR count). The highest BCUT2D eigenvalue weighted by Gasteiger charge is 2.26. The molecule has 118 valence electrons. The maximum atomic E-state index is 12.7. The monoisotopic (exact) mass is 319 g/mol. The summed E-state index contributed by atoms with van der Waals surface area (Å²) < 4.78 is 28.3. The van der Waals surface area contributed by atoms with Crippen molar-refractivity contribution in [3.63, 3.8) is 0 Å². The van der Waals surface area contributed by atoms with E-state index in [4.69, 9.17) is 0 Å². The molecule has 6 heteroatoms. The molecule has 2 heterocycles. The first-order valence-electron chi connectivity index (χ1n) is 7.64. The van der Waals surface area contributed by atoms with E-state index in [1.165, 1.54) is 0 Å². The first-order chi connectivity index (χ1) is 10.6. The quantitative estimate of drug-likeness (QED) is 0.903. The van der Waals surface area contributed by atoms with Crippen molar-refractivity contribution in [1.82, 2.24) is 15.0 Å². The molecule has 2 atom stereocenters. The topological polar surface area (TPSA) is 71.1 Å². The van der Waals surface area contributed by atoms with E-state index < -0.39 is 10.0 Å². The number of nitrogens with zero attached hydrogens (tertiary/aromatic N) is 1. The summed E-state index contributed by atoms with van der Waals surface area (Å²) in [5.74, 6) is 0.333. The maximum Gasteiger partial charge on any atom is 0.241 e. The van der Waals surface area contributed by atoms with Gasteiger partial charge in [-0.25, -0.2) is 13.1 Å². The van der Waals surface area contributed by atoms with Crippen molar-refractivity contribution in [2.24, 2.45) is 5.92 Å². The molecule has 1 aromatic heterocycles. The van der Waals surface area contributed by atoms with Crippen LogP contribution >= 0.6 is 0 Å². The van der Waals surface area contributed by atoms with Gasteiger partial charge in [-0.05, 0) is 50.9 Å². The summed E-state index contributed by atoms with van der Waals surface area (Å²) >= 11 is 0. The molecule has 1 saturated heterocycles. The van der Waals surface area contributed by atoms with Crippen LogP contribution < -0.4 is 10.0 Å². The summed E-state index contributed by atoms with van der Waals surface area (Å²) in [5.41, 5.74) is 0. The second-order valence-electron chi connectivity index (χ2n) is 5.87. The van der Waals surface area contributed by atoms with E-state index in [0.29, 0.717) is 16.2 Å². The number of piperidine rings is 1. The smallest absolute Gasteiger partial charge is 0.241 e. The van der Waals surface area contributed by atoms with Gasteiger partial charge >= 0.3 is 0 Å². The molecule has 1 aliphatic heterocycles. The Bertz CT molecular complexity index is 750. The van der Waals surface area contributed by atoms with Crippen molar-refractivity contribution in [2.45, 2.75) is 30.7 Å². The highest BCUT2D eigenvalue weighted by atomic mass is 32.2. The molecule has 0 aliphatic carbocycles. The van der Waals surface area contributed by atoms with Crippen LogP contribution in [0.15, 0.2) is 41.6 Å². The molecule has 0 saturated carbocycles. The molecule has 1 aromatic carbocycles. The zero-order valence-corrected chi connectivity index (χ0v) is 13.4. The summed E-state index contributed by atoms with van der Waals surface area (Å²) in [6.45, 7) is 3.83. The second kappa shape index (κ2) is 6.32. The van der Waals surface area contributed by atoms with Gasteiger partial charge < -0.3 is 5.32 Å². The Kier molecular flexibility index (Phi) is 4.42. The molecule has 2 unspecified atom stereocenters. The number of sulfonamides is 1. The van der Waals surface area contributed by atoms with Gasteiger partial charge in [-0.1, -0.05) is 12.1 Å². The van der Waals surface area contributed by atoms with Crippen molar-refractivity contribution in [3.05, 3.63) is 36.7 Å². The average molecular weight is 319 g/mol. The third-order valence-electron chi connectivity index (χ3n) is 4.31. The van der Waals surface area contributed by atoms with Crippen molar-refractivity contribution in [3.8, 4) is 0 Å². The van der Waals surface area contributed by atoms with Crippen LogP contribution in [0.4, 0.5) is 0 Å². The van der Waals surface area contributed by atoms with Gasteiger partial charge in [-0.15, -0.1) is 0 Å². The van der Waals surface area contributed by atoms with E-state index in [1.807, 2.05) is 13.0 Å². The van der Waals surface area contributed by atoms with Crippen LogP contribution in [0.5, 0.6) is 0 Å². The second-order valence-corrected chi connectivity index (χ2v) is 7.55. The van der Waals surface area contributed by atoms with E-state index in [0.717, 1.165) is 31.3 Å². The molecular weight excluding hydrogens is 298 g/mol. The normalized spacial score (nSPS) is 20.9. The van der Waals surface area contributed by atoms with Gasteiger partial charge in [-0.2, -0.15) is 0 Å². The number of hydrogen-bond acceptors (Lipinski definition) is 4. The number of nitrogens with one attached hydrogen (secondary N) is 2. The van der Waals surface area contributed by atoms with Crippen molar-refractivity contribution in [1.29, 1.82) is 0 Å². The maximum absolute atomic E-state index is 12.7. The lowest BCUT2D eigenvalue weighted by Crippen LogP contribution is -2.44. The lowest BCUT2D eigenvalue weighted by atomic mass is 9.94.